The fourth-order valence-electron chi connectivity index (χ4n) is 3.49. The van der Waals surface area contributed by atoms with Gasteiger partial charge in [-0.05, 0) is 49.3 Å². The number of carbonyl (C=O) groups is 1. The summed E-state index contributed by atoms with van der Waals surface area (Å²) in [5.41, 5.74) is 2.79. The molecule has 1 aliphatic heterocycles. The Kier molecular flexibility index (Phi) is 4.97. The number of amides is 1. The lowest BCUT2D eigenvalue weighted by atomic mass is 9.96. The first-order valence-electron chi connectivity index (χ1n) is 8.80. The van der Waals surface area contributed by atoms with E-state index in [-0.39, 0.29) is 11.9 Å². The van der Waals surface area contributed by atoms with Gasteiger partial charge in [0.15, 0.2) is 0 Å². The van der Waals surface area contributed by atoms with Crippen molar-refractivity contribution in [3.8, 4) is 0 Å². The number of aryl methyl sites for hydroxylation is 1. The molecule has 0 spiro atoms. The first kappa shape index (κ1) is 16.7. The number of pyridine rings is 1. The monoisotopic (exact) mass is 326 g/mol. The van der Waals surface area contributed by atoms with Crippen molar-refractivity contribution in [3.63, 3.8) is 0 Å². The van der Waals surface area contributed by atoms with Gasteiger partial charge in [-0.25, -0.2) is 0 Å². The lowest BCUT2D eigenvalue weighted by molar-refractivity contribution is 0.0600. The third-order valence-electron chi connectivity index (χ3n) is 4.60. The maximum atomic E-state index is 13.1. The van der Waals surface area contributed by atoms with Crippen LogP contribution in [0.2, 0.25) is 0 Å². The summed E-state index contributed by atoms with van der Waals surface area (Å²) in [6.07, 6.45) is 7.75. The Morgan fingerprint density at radius 1 is 1.38 bits per heavy atom. The number of piperidine rings is 1. The maximum Gasteiger partial charge on any atom is 0.272 e. The molecule has 1 saturated heterocycles. The van der Waals surface area contributed by atoms with Gasteiger partial charge >= 0.3 is 0 Å². The predicted molar refractivity (Wildman–Crippen MR) is 93.6 cm³/mol. The van der Waals surface area contributed by atoms with Crippen LogP contribution >= 0.6 is 0 Å². The topological polar surface area (TPSA) is 51.0 Å². The molecule has 1 amide bonds. The third kappa shape index (κ3) is 3.50. The van der Waals surface area contributed by atoms with E-state index in [2.05, 4.69) is 30.0 Å². The minimum atomic E-state index is 0.0774. The van der Waals surface area contributed by atoms with Crippen molar-refractivity contribution in [2.24, 2.45) is 13.0 Å². The highest BCUT2D eigenvalue weighted by molar-refractivity contribution is 5.93. The number of likely N-dealkylation sites (tertiary alicyclic amines) is 1. The van der Waals surface area contributed by atoms with Crippen molar-refractivity contribution in [2.45, 2.75) is 45.6 Å². The maximum absolute atomic E-state index is 13.1. The van der Waals surface area contributed by atoms with Gasteiger partial charge in [0.2, 0.25) is 0 Å². The van der Waals surface area contributed by atoms with Crippen molar-refractivity contribution in [3.05, 3.63) is 47.5 Å². The lowest BCUT2D eigenvalue weighted by Gasteiger charge is -2.35. The average molecular weight is 326 g/mol. The van der Waals surface area contributed by atoms with E-state index in [4.69, 9.17) is 0 Å². The summed E-state index contributed by atoms with van der Waals surface area (Å²) in [4.78, 5) is 19.4. The van der Waals surface area contributed by atoms with Gasteiger partial charge in [-0.2, -0.15) is 5.10 Å². The molecular formula is C19H26N4O. The minimum Gasteiger partial charge on any atom is -0.330 e. The van der Waals surface area contributed by atoms with Gasteiger partial charge < -0.3 is 4.90 Å². The van der Waals surface area contributed by atoms with Crippen LogP contribution in [0.1, 0.15) is 60.9 Å². The quantitative estimate of drug-likeness (QED) is 0.865. The van der Waals surface area contributed by atoms with Crippen molar-refractivity contribution in [2.75, 3.05) is 6.54 Å². The molecule has 0 radical (unpaired) electrons. The van der Waals surface area contributed by atoms with Gasteiger partial charge in [-0.15, -0.1) is 0 Å². The van der Waals surface area contributed by atoms with E-state index in [1.54, 1.807) is 10.9 Å². The number of rotatable bonds is 4. The van der Waals surface area contributed by atoms with Crippen LogP contribution in [-0.2, 0) is 13.5 Å². The number of carbonyl (C=O) groups excluding carboxylic acids is 1. The Morgan fingerprint density at radius 2 is 2.21 bits per heavy atom. The van der Waals surface area contributed by atoms with Crippen LogP contribution in [0.25, 0.3) is 0 Å². The van der Waals surface area contributed by atoms with Crippen LogP contribution in [0.15, 0.2) is 30.6 Å². The lowest BCUT2D eigenvalue weighted by Crippen LogP contribution is -2.39. The van der Waals surface area contributed by atoms with Gasteiger partial charge in [-0.1, -0.05) is 19.9 Å². The molecule has 0 bridgehead atoms. The summed E-state index contributed by atoms with van der Waals surface area (Å²) in [7, 11) is 1.86. The molecule has 3 rings (SSSR count). The number of nitrogens with zero attached hydrogens (tertiary/aromatic N) is 4. The van der Waals surface area contributed by atoms with E-state index in [9.17, 15) is 4.79 Å². The van der Waals surface area contributed by atoms with Crippen molar-refractivity contribution < 1.29 is 4.79 Å². The van der Waals surface area contributed by atoms with E-state index in [0.717, 1.165) is 43.5 Å². The van der Waals surface area contributed by atoms with E-state index >= 15 is 0 Å². The van der Waals surface area contributed by atoms with Gasteiger partial charge in [0.1, 0.15) is 5.69 Å². The normalized spacial score (nSPS) is 18.2. The van der Waals surface area contributed by atoms with Crippen LogP contribution in [0, 0.1) is 5.92 Å². The van der Waals surface area contributed by atoms with Crippen LogP contribution in [0.3, 0.4) is 0 Å². The molecule has 1 atom stereocenters. The second-order valence-electron chi connectivity index (χ2n) is 7.04. The van der Waals surface area contributed by atoms with Crippen LogP contribution < -0.4 is 0 Å². The summed E-state index contributed by atoms with van der Waals surface area (Å²) in [6.45, 7) is 5.13. The minimum absolute atomic E-state index is 0.0774. The van der Waals surface area contributed by atoms with E-state index in [1.165, 1.54) is 0 Å². The SMILES string of the molecule is CC(C)Cc1cc(C(=O)N2CCCC[C@H]2c2cccnc2)n(C)n1. The largest absolute Gasteiger partial charge is 0.330 e. The molecule has 128 valence electrons. The fourth-order valence-corrected chi connectivity index (χ4v) is 3.49. The third-order valence-corrected chi connectivity index (χ3v) is 4.60. The molecule has 2 aromatic rings. The summed E-state index contributed by atoms with van der Waals surface area (Å²) in [6, 6.07) is 6.08. The van der Waals surface area contributed by atoms with E-state index in [1.807, 2.05) is 30.3 Å². The molecule has 0 N–H and O–H groups in total. The first-order valence-corrected chi connectivity index (χ1v) is 8.80. The van der Waals surface area contributed by atoms with Crippen molar-refractivity contribution >= 4 is 5.91 Å². The summed E-state index contributed by atoms with van der Waals surface area (Å²) in [5, 5.41) is 4.52. The molecule has 0 aliphatic carbocycles. The Balaban J connectivity index is 1.86. The number of aromatic nitrogens is 3. The zero-order chi connectivity index (χ0) is 17.1. The van der Waals surface area contributed by atoms with Crippen LogP contribution in [0.4, 0.5) is 0 Å². The zero-order valence-corrected chi connectivity index (χ0v) is 14.8. The highest BCUT2D eigenvalue weighted by Crippen LogP contribution is 2.31. The number of hydrogen-bond acceptors (Lipinski definition) is 3. The molecule has 5 heteroatoms. The molecule has 0 aromatic carbocycles. The molecule has 0 unspecified atom stereocenters. The molecule has 1 aliphatic rings. The summed E-state index contributed by atoms with van der Waals surface area (Å²) < 4.78 is 1.73. The highest BCUT2D eigenvalue weighted by Gasteiger charge is 2.30. The number of hydrogen-bond donors (Lipinski definition) is 0. The van der Waals surface area contributed by atoms with Gasteiger partial charge in [0.05, 0.1) is 11.7 Å². The van der Waals surface area contributed by atoms with Gasteiger partial charge in [-0.3, -0.25) is 14.5 Å². The highest BCUT2D eigenvalue weighted by atomic mass is 16.2. The average Bonchev–Trinajstić information content (AvgIpc) is 2.94. The standard InChI is InChI=1S/C19H26N4O/c1-14(2)11-16-12-18(22(3)21-16)19(24)23-10-5-4-8-17(23)15-7-6-9-20-13-15/h6-7,9,12-14,17H,4-5,8,10-11H2,1-3H3/t17-/m0/s1. The molecule has 24 heavy (non-hydrogen) atoms. The Bertz CT molecular complexity index is 693. The fraction of sp³-hybridized carbons (Fsp3) is 0.526. The molecule has 1 fully saturated rings. The predicted octanol–water partition coefficient (Wildman–Crippen LogP) is 3.38. The van der Waals surface area contributed by atoms with Crippen LogP contribution in [-0.4, -0.2) is 32.1 Å². The Labute approximate surface area is 143 Å². The summed E-state index contributed by atoms with van der Waals surface area (Å²) >= 11 is 0. The second-order valence-corrected chi connectivity index (χ2v) is 7.04. The Morgan fingerprint density at radius 3 is 2.92 bits per heavy atom. The van der Waals surface area contributed by atoms with Gasteiger partial charge in [0, 0.05) is 26.0 Å². The van der Waals surface area contributed by atoms with E-state index < -0.39 is 0 Å². The molecule has 3 heterocycles. The summed E-state index contributed by atoms with van der Waals surface area (Å²) in [5.74, 6) is 0.606. The smallest absolute Gasteiger partial charge is 0.272 e. The zero-order valence-electron chi connectivity index (χ0n) is 14.8. The first-order chi connectivity index (χ1) is 11.6. The molecular weight excluding hydrogens is 300 g/mol. The molecule has 2 aromatic heterocycles. The van der Waals surface area contributed by atoms with Crippen LogP contribution in [0.5, 0.6) is 0 Å². The van der Waals surface area contributed by atoms with Gasteiger partial charge in [0.25, 0.3) is 5.91 Å². The Hall–Kier alpha value is -2.17. The molecule has 5 nitrogen and oxygen atoms in total. The van der Waals surface area contributed by atoms with E-state index in [0.29, 0.717) is 11.6 Å². The molecule has 0 saturated carbocycles. The van der Waals surface area contributed by atoms with Crippen molar-refractivity contribution in [1.82, 2.24) is 19.7 Å². The second kappa shape index (κ2) is 7.16. The van der Waals surface area contributed by atoms with Crippen molar-refractivity contribution in [1.29, 1.82) is 0 Å².